The molecule has 10 heteroatoms. The monoisotopic (exact) mass is 551 g/mol. The van der Waals surface area contributed by atoms with Gasteiger partial charge in [-0.25, -0.2) is 9.59 Å². The van der Waals surface area contributed by atoms with E-state index in [1.807, 2.05) is 55.5 Å². The van der Waals surface area contributed by atoms with E-state index in [9.17, 15) is 19.5 Å². The van der Waals surface area contributed by atoms with Gasteiger partial charge >= 0.3 is 11.9 Å². The van der Waals surface area contributed by atoms with E-state index in [1.165, 1.54) is 0 Å². The number of aromatic carboxylic acids is 1. The number of amides is 1. The number of anilines is 2. The van der Waals surface area contributed by atoms with E-state index in [0.29, 0.717) is 10.4 Å². The van der Waals surface area contributed by atoms with Crippen LogP contribution in [-0.4, -0.2) is 60.8 Å². The molecule has 2 heterocycles. The zero-order valence-corrected chi connectivity index (χ0v) is 23.0. The molecule has 1 fully saturated rings. The van der Waals surface area contributed by atoms with E-state index in [-0.39, 0.29) is 22.5 Å². The van der Waals surface area contributed by atoms with E-state index < -0.39 is 24.6 Å². The first kappa shape index (κ1) is 28.1. The largest absolute Gasteiger partial charge is 0.480 e. The number of hydrogen-bond donors (Lipinski definition) is 4. The standard InChI is InChI=1S/C29H33N3O6S/c1-17-7-4-5-10-22(17)32(3)28(35)24(19-11-13-30-14-12-19)31-21-9-6-8-20(15-21)26-18(2)25(38-16-23(33)34)27(39-26)29(36)37/h4-10,15,19,24,30-31H,11-14,16H2,1-3H3,(H,33,34)(H,36,37). The van der Waals surface area contributed by atoms with Gasteiger partial charge in [-0.15, -0.1) is 11.3 Å². The minimum Gasteiger partial charge on any atom is -0.480 e. The van der Waals surface area contributed by atoms with Crippen molar-refractivity contribution >= 4 is 40.6 Å². The molecule has 1 atom stereocenters. The second-order valence-corrected chi connectivity index (χ2v) is 10.7. The van der Waals surface area contributed by atoms with Gasteiger partial charge in [-0.1, -0.05) is 30.3 Å². The number of nitrogens with zero attached hydrogens (tertiary/aromatic N) is 1. The Hall–Kier alpha value is -3.89. The van der Waals surface area contributed by atoms with Crippen LogP contribution < -0.4 is 20.3 Å². The zero-order valence-electron chi connectivity index (χ0n) is 22.2. The number of carbonyl (C=O) groups excluding carboxylic acids is 1. The van der Waals surface area contributed by atoms with Crippen LogP contribution in [-0.2, 0) is 9.59 Å². The summed E-state index contributed by atoms with van der Waals surface area (Å²) in [4.78, 5) is 39.1. The Morgan fingerprint density at radius 1 is 1.10 bits per heavy atom. The number of hydrogen-bond acceptors (Lipinski definition) is 7. The first-order chi connectivity index (χ1) is 18.7. The van der Waals surface area contributed by atoms with Crippen molar-refractivity contribution in [3.8, 4) is 16.2 Å². The second kappa shape index (κ2) is 12.3. The molecule has 206 valence electrons. The fourth-order valence-electron chi connectivity index (χ4n) is 4.98. The van der Waals surface area contributed by atoms with Gasteiger partial charge in [0, 0.05) is 28.9 Å². The fourth-order valence-corrected chi connectivity index (χ4v) is 6.06. The number of carbonyl (C=O) groups is 3. The first-order valence-electron chi connectivity index (χ1n) is 12.8. The Bertz CT molecular complexity index is 1360. The molecule has 3 aromatic rings. The summed E-state index contributed by atoms with van der Waals surface area (Å²) < 4.78 is 5.33. The van der Waals surface area contributed by atoms with Crippen molar-refractivity contribution < 1.29 is 29.3 Å². The molecule has 0 radical (unpaired) electrons. The van der Waals surface area contributed by atoms with Crippen molar-refractivity contribution in [2.75, 3.05) is 37.0 Å². The van der Waals surface area contributed by atoms with E-state index in [2.05, 4.69) is 10.6 Å². The molecule has 1 amide bonds. The summed E-state index contributed by atoms with van der Waals surface area (Å²) in [5, 5.41) is 25.5. The van der Waals surface area contributed by atoms with Gasteiger partial charge in [0.1, 0.15) is 11.8 Å². The van der Waals surface area contributed by atoms with E-state index in [1.54, 1.807) is 18.9 Å². The molecular formula is C29H33N3O6S. The molecule has 0 aliphatic carbocycles. The zero-order chi connectivity index (χ0) is 28.1. The first-order valence-corrected chi connectivity index (χ1v) is 13.6. The maximum Gasteiger partial charge on any atom is 0.349 e. The highest BCUT2D eigenvalue weighted by molar-refractivity contribution is 7.18. The van der Waals surface area contributed by atoms with Crippen LogP contribution in [0.25, 0.3) is 10.4 Å². The minimum atomic E-state index is -1.19. The molecule has 0 saturated carbocycles. The van der Waals surface area contributed by atoms with Crippen molar-refractivity contribution in [3.05, 3.63) is 64.5 Å². The number of nitrogens with one attached hydrogen (secondary N) is 2. The number of ether oxygens (including phenoxy) is 1. The number of likely N-dealkylation sites (N-methyl/N-ethyl adjacent to an activating group) is 1. The highest BCUT2D eigenvalue weighted by Gasteiger charge is 2.32. The van der Waals surface area contributed by atoms with Crippen LogP contribution in [0.2, 0.25) is 0 Å². The van der Waals surface area contributed by atoms with Crippen LogP contribution in [0.15, 0.2) is 48.5 Å². The lowest BCUT2D eigenvalue weighted by molar-refractivity contribution is -0.139. The molecular weight excluding hydrogens is 518 g/mol. The topological polar surface area (TPSA) is 128 Å². The van der Waals surface area contributed by atoms with Crippen molar-refractivity contribution in [1.82, 2.24) is 5.32 Å². The van der Waals surface area contributed by atoms with Crippen molar-refractivity contribution in [3.63, 3.8) is 0 Å². The number of piperidine rings is 1. The molecule has 0 bridgehead atoms. The molecule has 1 saturated heterocycles. The number of rotatable bonds is 10. The number of carboxylic acid groups (broad SMARTS) is 2. The predicted octanol–water partition coefficient (Wildman–Crippen LogP) is 4.64. The Morgan fingerprint density at radius 3 is 2.49 bits per heavy atom. The average Bonchev–Trinajstić information content (AvgIpc) is 3.27. The lowest BCUT2D eigenvalue weighted by atomic mass is 9.88. The minimum absolute atomic E-state index is 0.0218. The van der Waals surface area contributed by atoms with Gasteiger partial charge in [0.15, 0.2) is 11.5 Å². The lowest BCUT2D eigenvalue weighted by Gasteiger charge is -2.34. The molecule has 2 aromatic carbocycles. The lowest BCUT2D eigenvalue weighted by Crippen LogP contribution is -2.48. The van der Waals surface area contributed by atoms with Gasteiger partial charge in [0.25, 0.3) is 0 Å². The number of thiophene rings is 1. The Kier molecular flexibility index (Phi) is 8.88. The molecule has 1 unspecified atom stereocenters. The van der Waals surface area contributed by atoms with Crippen LogP contribution >= 0.6 is 11.3 Å². The third-order valence-electron chi connectivity index (χ3n) is 7.00. The molecule has 1 aliphatic rings. The third-order valence-corrected chi connectivity index (χ3v) is 8.31. The maximum absolute atomic E-state index is 13.9. The summed E-state index contributed by atoms with van der Waals surface area (Å²) in [6.07, 6.45) is 1.72. The van der Waals surface area contributed by atoms with Crippen molar-refractivity contribution in [2.24, 2.45) is 5.92 Å². The predicted molar refractivity (Wildman–Crippen MR) is 152 cm³/mol. The van der Waals surface area contributed by atoms with Crippen LogP contribution in [0.5, 0.6) is 5.75 Å². The molecule has 0 spiro atoms. The Balaban J connectivity index is 1.66. The number of aliphatic carboxylic acids is 1. The molecule has 1 aliphatic heterocycles. The summed E-state index contributed by atoms with van der Waals surface area (Å²) in [5.41, 5.74) is 3.92. The fraction of sp³-hybridized carbons (Fsp3) is 0.345. The van der Waals surface area contributed by atoms with Crippen molar-refractivity contribution in [1.29, 1.82) is 0 Å². The van der Waals surface area contributed by atoms with Gasteiger partial charge in [0.05, 0.1) is 0 Å². The van der Waals surface area contributed by atoms with Crippen LogP contribution in [0.1, 0.15) is 33.6 Å². The van der Waals surface area contributed by atoms with Gasteiger partial charge in [-0.2, -0.15) is 0 Å². The second-order valence-electron chi connectivity index (χ2n) is 9.68. The smallest absolute Gasteiger partial charge is 0.349 e. The van der Waals surface area contributed by atoms with Gasteiger partial charge in [-0.3, -0.25) is 4.79 Å². The van der Waals surface area contributed by atoms with Crippen LogP contribution in [0, 0.1) is 19.8 Å². The molecule has 9 nitrogen and oxygen atoms in total. The quantitative estimate of drug-likeness (QED) is 0.287. The maximum atomic E-state index is 13.9. The average molecular weight is 552 g/mol. The van der Waals surface area contributed by atoms with Gasteiger partial charge in [0.2, 0.25) is 5.91 Å². The van der Waals surface area contributed by atoms with E-state index >= 15 is 0 Å². The third kappa shape index (κ3) is 6.40. The summed E-state index contributed by atoms with van der Waals surface area (Å²) >= 11 is 1.04. The molecule has 4 rings (SSSR count). The Morgan fingerprint density at radius 2 is 1.82 bits per heavy atom. The van der Waals surface area contributed by atoms with Crippen LogP contribution in [0.4, 0.5) is 11.4 Å². The molecule has 1 aromatic heterocycles. The molecule has 4 N–H and O–H groups in total. The highest BCUT2D eigenvalue weighted by Crippen LogP contribution is 2.42. The highest BCUT2D eigenvalue weighted by atomic mass is 32.1. The summed E-state index contributed by atoms with van der Waals surface area (Å²) in [7, 11) is 1.80. The van der Waals surface area contributed by atoms with Gasteiger partial charge in [-0.05, 0) is 75.0 Å². The summed E-state index contributed by atoms with van der Waals surface area (Å²) in [5.74, 6) is -2.20. The molecule has 39 heavy (non-hydrogen) atoms. The normalized spacial score (nSPS) is 14.4. The summed E-state index contributed by atoms with van der Waals surface area (Å²) in [6.45, 7) is 4.76. The summed E-state index contributed by atoms with van der Waals surface area (Å²) in [6, 6.07) is 14.8. The number of benzene rings is 2. The Labute approximate surface area is 231 Å². The van der Waals surface area contributed by atoms with E-state index in [0.717, 1.165) is 59.8 Å². The number of carboxylic acids is 2. The van der Waals surface area contributed by atoms with E-state index in [4.69, 9.17) is 9.84 Å². The van der Waals surface area contributed by atoms with Gasteiger partial charge < -0.3 is 30.5 Å². The number of aryl methyl sites for hydroxylation is 1. The number of para-hydroxylation sites is 1. The van der Waals surface area contributed by atoms with Crippen molar-refractivity contribution in [2.45, 2.75) is 32.7 Å². The SMILES string of the molecule is Cc1ccccc1N(C)C(=O)C(Nc1cccc(-c2sc(C(=O)O)c(OCC(=O)O)c2C)c1)C1CCNCC1. The van der Waals surface area contributed by atoms with Crippen LogP contribution in [0.3, 0.4) is 0 Å².